The van der Waals surface area contributed by atoms with E-state index in [0.717, 1.165) is 43.9 Å². The summed E-state index contributed by atoms with van der Waals surface area (Å²) in [6.45, 7) is 7.73. The molecule has 3 rings (SSSR count). The lowest BCUT2D eigenvalue weighted by molar-refractivity contribution is 0.189. The van der Waals surface area contributed by atoms with Gasteiger partial charge in [-0.1, -0.05) is 26.3 Å². The van der Waals surface area contributed by atoms with Gasteiger partial charge in [-0.25, -0.2) is 9.97 Å². The summed E-state index contributed by atoms with van der Waals surface area (Å²) >= 11 is 0. The zero-order valence-electron chi connectivity index (χ0n) is 17.6. The molecule has 0 saturated carbocycles. The van der Waals surface area contributed by atoms with Gasteiger partial charge in [0.05, 0.1) is 19.0 Å². The summed E-state index contributed by atoms with van der Waals surface area (Å²) in [5.74, 6) is 2.24. The molecular weight excluding hydrogens is 479 g/mol. The van der Waals surface area contributed by atoms with Crippen LogP contribution in [0.5, 0.6) is 5.88 Å². The number of nitrogens with one attached hydrogen (secondary N) is 1. The predicted molar refractivity (Wildman–Crippen MR) is 127 cm³/mol. The molecule has 1 aliphatic heterocycles. The van der Waals surface area contributed by atoms with Crippen molar-refractivity contribution in [2.45, 2.75) is 45.7 Å². The molecule has 29 heavy (non-hydrogen) atoms. The Morgan fingerprint density at radius 3 is 2.97 bits per heavy atom. The number of guanidine groups is 1. The van der Waals surface area contributed by atoms with E-state index in [-0.39, 0.29) is 24.0 Å². The van der Waals surface area contributed by atoms with Gasteiger partial charge >= 0.3 is 0 Å². The molecule has 0 radical (unpaired) electrons. The maximum atomic E-state index is 5.85. The van der Waals surface area contributed by atoms with Gasteiger partial charge in [0, 0.05) is 50.8 Å². The third-order valence-electron chi connectivity index (χ3n) is 5.36. The van der Waals surface area contributed by atoms with E-state index in [2.05, 4.69) is 55.9 Å². The Balaban J connectivity index is 0.00000300. The second kappa shape index (κ2) is 12.0. The number of halogens is 1. The van der Waals surface area contributed by atoms with Gasteiger partial charge in [0.25, 0.3) is 0 Å². The second-order valence-corrected chi connectivity index (χ2v) is 7.36. The molecule has 1 aliphatic rings. The molecule has 8 heteroatoms. The summed E-state index contributed by atoms with van der Waals surface area (Å²) in [7, 11) is 1.84. The molecule has 0 aliphatic carbocycles. The maximum absolute atomic E-state index is 5.85. The van der Waals surface area contributed by atoms with Crippen LogP contribution in [-0.4, -0.2) is 52.1 Å². The van der Waals surface area contributed by atoms with Crippen LogP contribution in [0.15, 0.2) is 42.0 Å². The van der Waals surface area contributed by atoms with Crippen LogP contribution >= 0.6 is 24.0 Å². The highest BCUT2D eigenvalue weighted by Gasteiger charge is 2.28. The number of piperidine rings is 1. The number of pyridine rings is 1. The van der Waals surface area contributed by atoms with E-state index < -0.39 is 0 Å². The highest BCUT2D eigenvalue weighted by atomic mass is 127. The van der Waals surface area contributed by atoms with Crippen molar-refractivity contribution < 1.29 is 4.74 Å². The van der Waals surface area contributed by atoms with E-state index in [1.165, 1.54) is 0 Å². The third-order valence-corrected chi connectivity index (χ3v) is 5.36. The lowest BCUT2D eigenvalue weighted by Gasteiger charge is -2.39. The lowest BCUT2D eigenvalue weighted by atomic mass is 9.93. The molecule has 0 spiro atoms. The number of rotatable bonds is 7. The minimum Gasteiger partial charge on any atom is -0.477 e. The summed E-state index contributed by atoms with van der Waals surface area (Å²) in [4.78, 5) is 15.5. The second-order valence-electron chi connectivity index (χ2n) is 7.36. The average Bonchev–Trinajstić information content (AvgIpc) is 3.25. The quantitative estimate of drug-likeness (QED) is 0.265. The molecule has 3 heterocycles. The SMILES string of the molecule is CCCCOc1ncccc1CNC(=NC)N1CCC(C)C(n2ccnc2)C1.I. The average molecular weight is 512 g/mol. The molecule has 1 N–H and O–H groups in total. The highest BCUT2D eigenvalue weighted by Crippen LogP contribution is 2.27. The zero-order valence-corrected chi connectivity index (χ0v) is 20.0. The van der Waals surface area contributed by atoms with Gasteiger partial charge < -0.3 is 19.5 Å². The summed E-state index contributed by atoms with van der Waals surface area (Å²) < 4.78 is 8.07. The minimum atomic E-state index is 0. The number of hydrogen-bond donors (Lipinski definition) is 1. The molecule has 160 valence electrons. The Morgan fingerprint density at radius 2 is 2.24 bits per heavy atom. The molecular formula is C21H33IN6O. The van der Waals surface area contributed by atoms with Crippen molar-refractivity contribution in [1.82, 2.24) is 24.8 Å². The van der Waals surface area contributed by atoms with Crippen molar-refractivity contribution >= 4 is 29.9 Å². The molecule has 0 aromatic carbocycles. The number of imidazole rings is 1. The molecule has 0 bridgehead atoms. The predicted octanol–water partition coefficient (Wildman–Crippen LogP) is 3.73. The molecule has 2 aromatic heterocycles. The van der Waals surface area contributed by atoms with Crippen molar-refractivity contribution in [3.63, 3.8) is 0 Å². The van der Waals surface area contributed by atoms with E-state index in [1.54, 1.807) is 6.20 Å². The Hall–Kier alpha value is -1.84. The van der Waals surface area contributed by atoms with E-state index >= 15 is 0 Å². The van der Waals surface area contributed by atoms with Crippen LogP contribution in [0.2, 0.25) is 0 Å². The lowest BCUT2D eigenvalue weighted by Crippen LogP contribution is -2.48. The maximum Gasteiger partial charge on any atom is 0.218 e. The van der Waals surface area contributed by atoms with E-state index in [9.17, 15) is 0 Å². The van der Waals surface area contributed by atoms with Crippen LogP contribution in [0, 0.1) is 5.92 Å². The number of unbranched alkanes of at least 4 members (excludes halogenated alkanes) is 1. The molecule has 2 aromatic rings. The van der Waals surface area contributed by atoms with Crippen LogP contribution in [-0.2, 0) is 6.54 Å². The number of hydrogen-bond acceptors (Lipinski definition) is 4. The minimum absolute atomic E-state index is 0. The first-order valence-electron chi connectivity index (χ1n) is 10.2. The summed E-state index contributed by atoms with van der Waals surface area (Å²) in [5, 5.41) is 3.50. The smallest absolute Gasteiger partial charge is 0.218 e. The Kier molecular flexibility index (Phi) is 9.69. The standard InChI is InChI=1S/C21H32N6O.HI/c1-4-5-13-28-20-18(7-6-9-24-20)14-25-21(22-3)26-11-8-17(2)19(15-26)27-12-10-23-16-27;/h6-7,9-10,12,16-17,19H,4-5,8,11,13-15H2,1-3H3,(H,22,25);1H. The molecule has 7 nitrogen and oxygen atoms in total. The Bertz CT molecular complexity index is 751. The van der Waals surface area contributed by atoms with Crippen molar-refractivity contribution in [2.75, 3.05) is 26.7 Å². The Labute approximate surface area is 191 Å². The molecule has 2 unspecified atom stereocenters. The number of aromatic nitrogens is 3. The largest absolute Gasteiger partial charge is 0.477 e. The van der Waals surface area contributed by atoms with Gasteiger partial charge in [0.1, 0.15) is 0 Å². The van der Waals surface area contributed by atoms with Gasteiger partial charge in [0.2, 0.25) is 5.88 Å². The van der Waals surface area contributed by atoms with Gasteiger partial charge in [-0.15, -0.1) is 24.0 Å². The van der Waals surface area contributed by atoms with Crippen LogP contribution in [0.3, 0.4) is 0 Å². The monoisotopic (exact) mass is 512 g/mol. The van der Waals surface area contributed by atoms with Crippen LogP contribution in [0.4, 0.5) is 0 Å². The molecule has 1 saturated heterocycles. The first kappa shape index (κ1) is 23.4. The highest BCUT2D eigenvalue weighted by molar-refractivity contribution is 14.0. The van der Waals surface area contributed by atoms with Crippen molar-refractivity contribution in [1.29, 1.82) is 0 Å². The number of aliphatic imine (C=N–C) groups is 1. The zero-order chi connectivity index (χ0) is 19.8. The fourth-order valence-corrected chi connectivity index (χ4v) is 3.60. The van der Waals surface area contributed by atoms with E-state index in [1.807, 2.05) is 25.6 Å². The normalized spacial score (nSPS) is 19.6. The topological polar surface area (TPSA) is 67.6 Å². The molecule has 1 fully saturated rings. The number of likely N-dealkylation sites (tertiary alicyclic amines) is 1. The number of nitrogens with zero attached hydrogens (tertiary/aromatic N) is 5. The van der Waals surface area contributed by atoms with Crippen molar-refractivity contribution in [2.24, 2.45) is 10.9 Å². The van der Waals surface area contributed by atoms with Crippen molar-refractivity contribution in [3.05, 3.63) is 42.6 Å². The summed E-state index contributed by atoms with van der Waals surface area (Å²) in [5.41, 5.74) is 1.05. The van der Waals surface area contributed by atoms with Crippen LogP contribution < -0.4 is 10.1 Å². The van der Waals surface area contributed by atoms with Crippen molar-refractivity contribution in [3.8, 4) is 5.88 Å². The van der Waals surface area contributed by atoms with Crippen LogP contribution in [0.25, 0.3) is 0 Å². The fraction of sp³-hybridized carbons (Fsp3) is 0.571. The molecule has 2 atom stereocenters. The summed E-state index contributed by atoms with van der Waals surface area (Å²) in [6, 6.07) is 4.41. The number of ether oxygens (including phenoxy) is 1. The van der Waals surface area contributed by atoms with Gasteiger partial charge in [-0.3, -0.25) is 4.99 Å². The van der Waals surface area contributed by atoms with Gasteiger partial charge in [-0.05, 0) is 24.8 Å². The Morgan fingerprint density at radius 1 is 1.38 bits per heavy atom. The van der Waals surface area contributed by atoms with Gasteiger partial charge in [-0.2, -0.15) is 0 Å². The van der Waals surface area contributed by atoms with Gasteiger partial charge in [0.15, 0.2) is 5.96 Å². The fourth-order valence-electron chi connectivity index (χ4n) is 3.60. The van der Waals surface area contributed by atoms with E-state index in [4.69, 9.17) is 4.74 Å². The van der Waals surface area contributed by atoms with Crippen LogP contribution in [0.1, 0.15) is 44.7 Å². The van der Waals surface area contributed by atoms with E-state index in [0.29, 0.717) is 31.0 Å². The molecule has 0 amide bonds. The first-order valence-corrected chi connectivity index (χ1v) is 10.2. The summed E-state index contributed by atoms with van der Waals surface area (Å²) in [6.07, 6.45) is 10.9. The third kappa shape index (κ3) is 6.32. The first-order chi connectivity index (χ1) is 13.7.